The molecule has 0 saturated carbocycles. The molecule has 0 spiro atoms. The van der Waals surface area contributed by atoms with Gasteiger partial charge in [-0.3, -0.25) is 10.1 Å². The number of nitrogens with one attached hydrogen (secondary N) is 2. The topological polar surface area (TPSA) is 93.2 Å². The van der Waals surface area contributed by atoms with Gasteiger partial charge in [-0.25, -0.2) is 9.18 Å². The predicted octanol–water partition coefficient (Wildman–Crippen LogP) is 3.36. The SMILES string of the molecule is CCOC(=O)C(C)Sc1nnc(NC(=O)Nc2ccc(F)cc2)s1. The first-order valence-electron chi connectivity index (χ1n) is 6.98. The van der Waals surface area contributed by atoms with E-state index in [9.17, 15) is 14.0 Å². The highest BCUT2D eigenvalue weighted by molar-refractivity contribution is 8.02. The molecule has 0 aliphatic rings. The van der Waals surface area contributed by atoms with E-state index in [0.717, 1.165) is 11.3 Å². The van der Waals surface area contributed by atoms with Crippen molar-refractivity contribution in [1.29, 1.82) is 0 Å². The zero-order chi connectivity index (χ0) is 17.5. The minimum Gasteiger partial charge on any atom is -0.465 e. The van der Waals surface area contributed by atoms with Crippen molar-refractivity contribution < 1.29 is 18.7 Å². The molecule has 0 bridgehead atoms. The van der Waals surface area contributed by atoms with Gasteiger partial charge in [-0.15, -0.1) is 10.2 Å². The summed E-state index contributed by atoms with van der Waals surface area (Å²) in [5.74, 6) is -0.719. The van der Waals surface area contributed by atoms with Crippen LogP contribution in [0.4, 0.5) is 20.0 Å². The van der Waals surface area contributed by atoms with Gasteiger partial charge in [-0.05, 0) is 38.1 Å². The van der Waals surface area contributed by atoms with Gasteiger partial charge in [0.15, 0.2) is 4.34 Å². The average molecular weight is 370 g/mol. The third-order valence-electron chi connectivity index (χ3n) is 2.63. The summed E-state index contributed by atoms with van der Waals surface area (Å²) in [6.45, 7) is 3.76. The molecule has 0 aliphatic heterocycles. The maximum atomic E-state index is 12.8. The molecule has 7 nitrogen and oxygen atoms in total. The number of benzene rings is 1. The molecule has 2 aromatic rings. The van der Waals surface area contributed by atoms with Crippen molar-refractivity contribution in [3.63, 3.8) is 0 Å². The van der Waals surface area contributed by atoms with Crippen molar-refractivity contribution in [3.05, 3.63) is 30.1 Å². The molecule has 128 valence electrons. The Bertz CT molecular complexity index is 708. The predicted molar refractivity (Wildman–Crippen MR) is 90.9 cm³/mol. The second kappa shape index (κ2) is 8.60. The summed E-state index contributed by atoms with van der Waals surface area (Å²) in [7, 11) is 0. The van der Waals surface area contributed by atoms with E-state index in [4.69, 9.17) is 4.74 Å². The Kier molecular flexibility index (Phi) is 6.50. The number of nitrogens with zero attached hydrogens (tertiary/aromatic N) is 2. The van der Waals surface area contributed by atoms with Gasteiger partial charge in [0.1, 0.15) is 11.1 Å². The number of urea groups is 1. The van der Waals surface area contributed by atoms with Crippen LogP contribution in [-0.2, 0) is 9.53 Å². The van der Waals surface area contributed by atoms with E-state index < -0.39 is 11.3 Å². The molecule has 24 heavy (non-hydrogen) atoms. The zero-order valence-corrected chi connectivity index (χ0v) is 14.5. The summed E-state index contributed by atoms with van der Waals surface area (Å²) >= 11 is 2.34. The summed E-state index contributed by atoms with van der Waals surface area (Å²) < 4.78 is 18.3. The molecule has 0 radical (unpaired) electrons. The smallest absolute Gasteiger partial charge is 0.325 e. The van der Waals surface area contributed by atoms with Crippen LogP contribution < -0.4 is 10.6 Å². The lowest BCUT2D eigenvalue weighted by Crippen LogP contribution is -2.19. The monoisotopic (exact) mass is 370 g/mol. The van der Waals surface area contributed by atoms with Crippen molar-refractivity contribution in [1.82, 2.24) is 10.2 Å². The van der Waals surface area contributed by atoms with Gasteiger partial charge in [0.25, 0.3) is 0 Å². The molecule has 0 fully saturated rings. The van der Waals surface area contributed by atoms with Gasteiger partial charge >= 0.3 is 12.0 Å². The molecule has 1 heterocycles. The van der Waals surface area contributed by atoms with E-state index in [1.165, 1.54) is 36.0 Å². The number of thioether (sulfide) groups is 1. The van der Waals surface area contributed by atoms with Crippen molar-refractivity contribution in [3.8, 4) is 0 Å². The molecule has 1 unspecified atom stereocenters. The third-order valence-corrected chi connectivity index (χ3v) is 4.63. The lowest BCUT2D eigenvalue weighted by Gasteiger charge is -2.07. The maximum Gasteiger partial charge on any atom is 0.325 e. The lowest BCUT2D eigenvalue weighted by molar-refractivity contribution is -0.142. The fourth-order valence-electron chi connectivity index (χ4n) is 1.56. The van der Waals surface area contributed by atoms with E-state index in [1.54, 1.807) is 13.8 Å². The first kappa shape index (κ1) is 18.1. The largest absolute Gasteiger partial charge is 0.465 e. The van der Waals surface area contributed by atoms with Gasteiger partial charge in [-0.1, -0.05) is 23.1 Å². The first-order chi connectivity index (χ1) is 11.5. The molecule has 1 atom stereocenters. The van der Waals surface area contributed by atoms with Crippen molar-refractivity contribution in [2.45, 2.75) is 23.4 Å². The lowest BCUT2D eigenvalue weighted by atomic mass is 10.3. The van der Waals surface area contributed by atoms with Crippen molar-refractivity contribution in [2.24, 2.45) is 0 Å². The minimum atomic E-state index is -0.521. The molecule has 1 aromatic carbocycles. The molecule has 2 N–H and O–H groups in total. The van der Waals surface area contributed by atoms with Crippen LogP contribution >= 0.6 is 23.1 Å². The van der Waals surface area contributed by atoms with Gasteiger partial charge < -0.3 is 10.1 Å². The van der Waals surface area contributed by atoms with Crippen LogP contribution in [0, 0.1) is 5.82 Å². The summed E-state index contributed by atoms with van der Waals surface area (Å²) in [6.07, 6.45) is 0. The van der Waals surface area contributed by atoms with Crippen molar-refractivity contribution >= 4 is 45.9 Å². The second-order valence-corrected chi connectivity index (χ2v) is 7.04. The van der Waals surface area contributed by atoms with Crippen LogP contribution in [0.15, 0.2) is 28.6 Å². The van der Waals surface area contributed by atoms with E-state index in [0.29, 0.717) is 16.6 Å². The Hall–Kier alpha value is -2.20. The number of rotatable bonds is 6. The fourth-order valence-corrected chi connectivity index (χ4v) is 3.45. The highest BCUT2D eigenvalue weighted by Crippen LogP contribution is 2.29. The van der Waals surface area contributed by atoms with Gasteiger partial charge in [0.05, 0.1) is 6.61 Å². The number of hydrogen-bond donors (Lipinski definition) is 2. The molecule has 10 heteroatoms. The first-order valence-corrected chi connectivity index (χ1v) is 8.68. The highest BCUT2D eigenvalue weighted by atomic mass is 32.2. The zero-order valence-electron chi connectivity index (χ0n) is 12.9. The number of aromatic nitrogens is 2. The molecular formula is C14H15FN4O3S2. The van der Waals surface area contributed by atoms with E-state index >= 15 is 0 Å². The maximum absolute atomic E-state index is 12.8. The Morgan fingerprint density at radius 1 is 1.29 bits per heavy atom. The number of esters is 1. The van der Waals surface area contributed by atoms with Crippen LogP contribution in [0.3, 0.4) is 0 Å². The van der Waals surface area contributed by atoms with Crippen LogP contribution in [0.5, 0.6) is 0 Å². The summed E-state index contributed by atoms with van der Waals surface area (Å²) in [5.41, 5.74) is 0.448. The highest BCUT2D eigenvalue weighted by Gasteiger charge is 2.18. The molecule has 2 amide bonds. The Morgan fingerprint density at radius 2 is 2.00 bits per heavy atom. The van der Waals surface area contributed by atoms with Gasteiger partial charge in [0.2, 0.25) is 5.13 Å². The van der Waals surface area contributed by atoms with Crippen LogP contribution in [0.1, 0.15) is 13.8 Å². The Balaban J connectivity index is 1.87. The molecule has 0 aliphatic carbocycles. The standard InChI is InChI=1S/C14H15FN4O3S2/c1-3-22-11(20)8(2)23-14-19-18-13(24-14)17-12(21)16-10-6-4-9(15)5-7-10/h4-8H,3H2,1-2H3,(H2,16,17,18,21). The number of hydrogen-bond acceptors (Lipinski definition) is 7. The molecule has 0 saturated heterocycles. The van der Waals surface area contributed by atoms with Crippen LogP contribution in [-0.4, -0.2) is 34.1 Å². The van der Waals surface area contributed by atoms with Gasteiger partial charge in [0, 0.05) is 5.69 Å². The summed E-state index contributed by atoms with van der Waals surface area (Å²) in [6, 6.07) is 4.85. The van der Waals surface area contributed by atoms with E-state index in [2.05, 4.69) is 20.8 Å². The minimum absolute atomic E-state index is 0.285. The normalized spacial score (nSPS) is 11.6. The summed E-state index contributed by atoms with van der Waals surface area (Å²) in [4.78, 5) is 23.4. The van der Waals surface area contributed by atoms with Crippen LogP contribution in [0.2, 0.25) is 0 Å². The fraction of sp³-hybridized carbons (Fsp3) is 0.286. The Labute approximate surface area is 146 Å². The second-order valence-electron chi connectivity index (χ2n) is 4.47. The third kappa shape index (κ3) is 5.46. The summed E-state index contributed by atoms with van der Waals surface area (Å²) in [5, 5.41) is 12.7. The van der Waals surface area contributed by atoms with E-state index in [1.807, 2.05) is 0 Å². The Morgan fingerprint density at radius 3 is 2.67 bits per heavy atom. The number of halogens is 1. The molecular weight excluding hydrogens is 355 g/mol. The molecule has 2 rings (SSSR count). The number of amides is 2. The number of carbonyl (C=O) groups is 2. The average Bonchev–Trinajstić information content (AvgIpc) is 2.96. The van der Waals surface area contributed by atoms with E-state index in [-0.39, 0.29) is 16.9 Å². The van der Waals surface area contributed by atoms with Crippen molar-refractivity contribution in [2.75, 3.05) is 17.2 Å². The molecule has 1 aromatic heterocycles. The number of carbonyl (C=O) groups excluding carboxylic acids is 2. The van der Waals surface area contributed by atoms with Gasteiger partial charge in [-0.2, -0.15) is 0 Å². The quantitative estimate of drug-likeness (QED) is 0.460. The van der Waals surface area contributed by atoms with Crippen LogP contribution in [0.25, 0.3) is 0 Å². The number of ether oxygens (including phenoxy) is 1. The number of anilines is 2.